The highest BCUT2D eigenvalue weighted by atomic mass is 19.4. The van der Waals surface area contributed by atoms with Crippen LogP contribution in [0.1, 0.15) is 24.8 Å². The lowest BCUT2D eigenvalue weighted by atomic mass is 10.2. The maximum atomic E-state index is 12.8. The van der Waals surface area contributed by atoms with E-state index in [1.165, 1.54) is 0 Å². The van der Waals surface area contributed by atoms with Crippen molar-refractivity contribution >= 4 is 11.6 Å². The van der Waals surface area contributed by atoms with Crippen LogP contribution < -0.4 is 10.7 Å². The number of hydrazine groups is 1. The summed E-state index contributed by atoms with van der Waals surface area (Å²) in [5.41, 5.74) is 2.25. The maximum Gasteiger partial charge on any atom is 0.416 e. The number of halogens is 3. The van der Waals surface area contributed by atoms with Crippen molar-refractivity contribution in [2.75, 3.05) is 30.9 Å². The Balaban J connectivity index is 2.19. The minimum absolute atomic E-state index is 0.203. The fourth-order valence-electron chi connectivity index (χ4n) is 2.05. The Kier molecular flexibility index (Phi) is 4.14. The predicted molar refractivity (Wildman–Crippen MR) is 67.8 cm³/mol. The van der Waals surface area contributed by atoms with Gasteiger partial charge in [0.05, 0.1) is 5.56 Å². The minimum Gasteiger partial charge on any atom is -0.373 e. The molecule has 1 saturated heterocycles. The summed E-state index contributed by atoms with van der Waals surface area (Å²) in [4.78, 5) is 4.10. The Bertz CT molecular complexity index is 427. The number of hydrogen-bond acceptors (Lipinski definition) is 4. The van der Waals surface area contributed by atoms with Crippen molar-refractivity contribution in [3.63, 3.8) is 0 Å². The number of piperidine rings is 1. The number of aromatic nitrogens is 1. The molecule has 106 valence electrons. The highest BCUT2D eigenvalue weighted by molar-refractivity contribution is 5.49. The number of nitrogens with zero attached hydrogens (tertiary/aromatic N) is 2. The van der Waals surface area contributed by atoms with Crippen molar-refractivity contribution in [3.05, 3.63) is 17.7 Å². The Morgan fingerprint density at radius 1 is 1.11 bits per heavy atom. The third-order valence-electron chi connectivity index (χ3n) is 3.04. The molecular weight excluding hydrogens is 257 g/mol. The van der Waals surface area contributed by atoms with Crippen molar-refractivity contribution < 1.29 is 13.2 Å². The van der Waals surface area contributed by atoms with Crippen LogP contribution in [0.25, 0.3) is 0 Å². The molecule has 0 unspecified atom stereocenters. The molecule has 0 aliphatic carbocycles. The van der Waals surface area contributed by atoms with Crippen molar-refractivity contribution in [1.29, 1.82) is 0 Å². The number of alkyl halides is 3. The first-order valence-corrected chi connectivity index (χ1v) is 6.27. The second kappa shape index (κ2) is 5.64. The van der Waals surface area contributed by atoms with Crippen molar-refractivity contribution in [2.24, 2.45) is 0 Å². The molecular formula is C12H17F3N4. The molecule has 2 rings (SSSR count). The fraction of sp³-hybridized carbons (Fsp3) is 0.583. The van der Waals surface area contributed by atoms with Gasteiger partial charge in [-0.15, -0.1) is 0 Å². The molecule has 0 bridgehead atoms. The van der Waals surface area contributed by atoms with E-state index in [1.807, 2.05) is 5.01 Å². The van der Waals surface area contributed by atoms with E-state index in [-0.39, 0.29) is 11.6 Å². The fourth-order valence-corrected chi connectivity index (χ4v) is 2.05. The van der Waals surface area contributed by atoms with Crippen LogP contribution in [0.5, 0.6) is 0 Å². The van der Waals surface area contributed by atoms with Gasteiger partial charge in [0, 0.05) is 20.1 Å². The first-order chi connectivity index (χ1) is 8.99. The summed E-state index contributed by atoms with van der Waals surface area (Å²) in [5.74, 6) is 0.426. The number of anilines is 2. The summed E-state index contributed by atoms with van der Waals surface area (Å²) in [7, 11) is 1.55. The molecule has 0 spiro atoms. The van der Waals surface area contributed by atoms with Gasteiger partial charge in [0.15, 0.2) is 0 Å². The first-order valence-electron chi connectivity index (χ1n) is 6.27. The Hall–Kier alpha value is -1.50. The van der Waals surface area contributed by atoms with Crippen LogP contribution >= 0.6 is 0 Å². The third kappa shape index (κ3) is 3.73. The van der Waals surface area contributed by atoms with E-state index in [0.717, 1.165) is 44.5 Å². The molecule has 2 N–H and O–H groups in total. The van der Waals surface area contributed by atoms with Crippen LogP contribution in [-0.2, 0) is 6.18 Å². The lowest BCUT2D eigenvalue weighted by Crippen LogP contribution is -2.35. The molecule has 0 atom stereocenters. The Morgan fingerprint density at radius 3 is 2.32 bits per heavy atom. The molecule has 1 aliphatic rings. The van der Waals surface area contributed by atoms with E-state index in [1.54, 1.807) is 7.05 Å². The van der Waals surface area contributed by atoms with Gasteiger partial charge >= 0.3 is 6.18 Å². The van der Waals surface area contributed by atoms with E-state index < -0.39 is 11.7 Å². The second-order valence-corrected chi connectivity index (χ2v) is 4.53. The zero-order chi connectivity index (χ0) is 13.9. The van der Waals surface area contributed by atoms with Gasteiger partial charge < -0.3 is 10.7 Å². The van der Waals surface area contributed by atoms with E-state index in [0.29, 0.717) is 0 Å². The van der Waals surface area contributed by atoms with E-state index in [9.17, 15) is 13.2 Å². The summed E-state index contributed by atoms with van der Waals surface area (Å²) in [5, 5.41) is 4.56. The summed E-state index contributed by atoms with van der Waals surface area (Å²) in [6, 6.07) is 2.04. The van der Waals surface area contributed by atoms with Crippen molar-refractivity contribution in [3.8, 4) is 0 Å². The standard InChI is InChI=1S/C12H17F3N4/c1-16-10-7-9(12(13,14)15)8-11(17-10)18-19-5-3-2-4-6-19/h7-8H,2-6H2,1H3,(H2,16,17,18). The minimum atomic E-state index is -4.37. The van der Waals surface area contributed by atoms with E-state index >= 15 is 0 Å². The van der Waals surface area contributed by atoms with Crippen LogP contribution in [0.15, 0.2) is 12.1 Å². The van der Waals surface area contributed by atoms with Gasteiger partial charge in [-0.05, 0) is 25.0 Å². The van der Waals surface area contributed by atoms with Crippen LogP contribution in [-0.4, -0.2) is 30.1 Å². The van der Waals surface area contributed by atoms with Gasteiger partial charge in [-0.2, -0.15) is 13.2 Å². The molecule has 1 aromatic heterocycles. The highest BCUT2D eigenvalue weighted by Crippen LogP contribution is 2.32. The number of rotatable bonds is 3. The molecule has 7 heteroatoms. The second-order valence-electron chi connectivity index (χ2n) is 4.53. The smallest absolute Gasteiger partial charge is 0.373 e. The van der Waals surface area contributed by atoms with Crippen molar-refractivity contribution in [2.45, 2.75) is 25.4 Å². The van der Waals surface area contributed by atoms with E-state index in [4.69, 9.17) is 0 Å². The van der Waals surface area contributed by atoms with Gasteiger partial charge in [0.1, 0.15) is 11.6 Å². The lowest BCUT2D eigenvalue weighted by molar-refractivity contribution is -0.137. The lowest BCUT2D eigenvalue weighted by Gasteiger charge is -2.27. The van der Waals surface area contributed by atoms with Crippen LogP contribution in [0.4, 0.5) is 24.8 Å². The molecule has 0 amide bonds. The molecule has 19 heavy (non-hydrogen) atoms. The van der Waals surface area contributed by atoms with E-state index in [2.05, 4.69) is 15.7 Å². The van der Waals surface area contributed by atoms with Gasteiger partial charge in [-0.3, -0.25) is 0 Å². The van der Waals surface area contributed by atoms with Gasteiger partial charge in [0.2, 0.25) is 0 Å². The third-order valence-corrected chi connectivity index (χ3v) is 3.04. The zero-order valence-corrected chi connectivity index (χ0v) is 10.7. The zero-order valence-electron chi connectivity index (χ0n) is 10.7. The monoisotopic (exact) mass is 274 g/mol. The topological polar surface area (TPSA) is 40.2 Å². The summed E-state index contributed by atoms with van der Waals surface area (Å²) < 4.78 is 38.3. The molecule has 1 aromatic rings. The average molecular weight is 274 g/mol. The first kappa shape index (κ1) is 13.9. The highest BCUT2D eigenvalue weighted by Gasteiger charge is 2.31. The number of nitrogens with one attached hydrogen (secondary N) is 2. The molecule has 1 fully saturated rings. The SMILES string of the molecule is CNc1cc(C(F)(F)F)cc(NN2CCCCC2)n1. The molecule has 0 radical (unpaired) electrons. The summed E-state index contributed by atoms with van der Waals surface area (Å²) in [6.45, 7) is 1.65. The molecule has 0 aromatic carbocycles. The van der Waals surface area contributed by atoms with Gasteiger partial charge in [0.25, 0.3) is 0 Å². The normalized spacial score (nSPS) is 17.3. The van der Waals surface area contributed by atoms with Gasteiger partial charge in [-0.1, -0.05) is 6.42 Å². The summed E-state index contributed by atoms with van der Waals surface area (Å²) >= 11 is 0. The molecule has 2 heterocycles. The Morgan fingerprint density at radius 2 is 1.74 bits per heavy atom. The van der Waals surface area contributed by atoms with Gasteiger partial charge in [-0.25, -0.2) is 9.99 Å². The predicted octanol–water partition coefficient (Wildman–Crippen LogP) is 2.95. The van der Waals surface area contributed by atoms with Crippen molar-refractivity contribution in [1.82, 2.24) is 9.99 Å². The maximum absolute atomic E-state index is 12.8. The molecule has 0 saturated carbocycles. The largest absolute Gasteiger partial charge is 0.416 e. The quantitative estimate of drug-likeness (QED) is 0.889. The van der Waals surface area contributed by atoms with Crippen LogP contribution in [0, 0.1) is 0 Å². The molecule has 4 nitrogen and oxygen atoms in total. The average Bonchev–Trinajstić information content (AvgIpc) is 2.38. The number of pyridine rings is 1. The Labute approximate surface area is 110 Å². The number of hydrogen-bond donors (Lipinski definition) is 2. The van der Waals surface area contributed by atoms with Crippen LogP contribution in [0.2, 0.25) is 0 Å². The molecule has 1 aliphatic heterocycles. The van der Waals surface area contributed by atoms with Crippen LogP contribution in [0.3, 0.4) is 0 Å². The summed E-state index contributed by atoms with van der Waals surface area (Å²) in [6.07, 6.45) is -1.11.